The maximum absolute atomic E-state index is 12.4. The predicted octanol–water partition coefficient (Wildman–Crippen LogP) is 0.326. The summed E-state index contributed by atoms with van der Waals surface area (Å²) >= 11 is 0. The van der Waals surface area contributed by atoms with Gasteiger partial charge in [0.05, 0.1) is 18.8 Å². The largest absolute Gasteiger partial charge is 0.349 e. The predicted molar refractivity (Wildman–Crippen MR) is 99.4 cm³/mol. The Labute approximate surface area is 155 Å². The first-order chi connectivity index (χ1) is 12.5. The second-order valence-corrected chi connectivity index (χ2v) is 7.52. The van der Waals surface area contributed by atoms with Crippen molar-refractivity contribution in [3.63, 3.8) is 0 Å². The van der Waals surface area contributed by atoms with Crippen LogP contribution in [0.2, 0.25) is 0 Å². The number of amides is 2. The lowest BCUT2D eigenvalue weighted by Crippen LogP contribution is -2.62. The molecular formula is C19H29N5O2. The number of nitrogens with one attached hydrogen (secondary N) is 1. The Bertz CT molecular complexity index is 638. The molecule has 142 valence electrons. The monoisotopic (exact) mass is 359 g/mol. The zero-order valence-corrected chi connectivity index (χ0v) is 15.8. The van der Waals surface area contributed by atoms with Crippen molar-refractivity contribution in [2.75, 3.05) is 46.8 Å². The minimum atomic E-state index is -0.0140. The highest BCUT2D eigenvalue weighted by atomic mass is 16.2. The molecule has 1 spiro atoms. The molecule has 0 aliphatic carbocycles. The Balaban J connectivity index is 1.55. The molecule has 2 amide bonds. The first-order valence-corrected chi connectivity index (χ1v) is 9.33. The molecule has 1 aromatic rings. The Morgan fingerprint density at radius 2 is 2.08 bits per heavy atom. The number of piperazine rings is 1. The number of likely N-dealkylation sites (tertiary alicyclic amines) is 1. The highest BCUT2D eigenvalue weighted by Crippen LogP contribution is 2.31. The summed E-state index contributed by atoms with van der Waals surface area (Å²) in [6.45, 7) is 4.26. The Kier molecular flexibility index (Phi) is 5.88. The number of carbonyl (C=O) groups is 2. The van der Waals surface area contributed by atoms with E-state index in [0.29, 0.717) is 19.5 Å². The molecule has 2 fully saturated rings. The zero-order valence-electron chi connectivity index (χ0n) is 15.8. The van der Waals surface area contributed by atoms with Crippen LogP contribution in [-0.2, 0) is 16.1 Å². The van der Waals surface area contributed by atoms with Crippen LogP contribution in [0.15, 0.2) is 24.4 Å². The van der Waals surface area contributed by atoms with Gasteiger partial charge in [-0.2, -0.15) is 0 Å². The van der Waals surface area contributed by atoms with E-state index in [4.69, 9.17) is 0 Å². The van der Waals surface area contributed by atoms with Gasteiger partial charge in [-0.1, -0.05) is 6.07 Å². The number of carbonyl (C=O) groups excluding carboxylic acids is 2. The van der Waals surface area contributed by atoms with Gasteiger partial charge in [0, 0.05) is 51.4 Å². The molecule has 0 aromatic carbocycles. The van der Waals surface area contributed by atoms with Gasteiger partial charge in [-0.25, -0.2) is 0 Å². The molecule has 2 aliphatic heterocycles. The summed E-state index contributed by atoms with van der Waals surface area (Å²) in [4.78, 5) is 35.1. The molecule has 1 N–H and O–H groups in total. The van der Waals surface area contributed by atoms with Gasteiger partial charge in [-0.05, 0) is 32.0 Å². The molecule has 1 atom stereocenters. The molecule has 7 heteroatoms. The summed E-state index contributed by atoms with van der Waals surface area (Å²) in [7, 11) is 4.03. The van der Waals surface area contributed by atoms with Crippen LogP contribution >= 0.6 is 0 Å². The molecule has 0 bridgehead atoms. The molecule has 0 unspecified atom stereocenters. The Morgan fingerprint density at radius 1 is 1.23 bits per heavy atom. The minimum absolute atomic E-state index is 0.0140. The molecule has 7 nitrogen and oxygen atoms in total. The fourth-order valence-corrected chi connectivity index (χ4v) is 3.93. The van der Waals surface area contributed by atoms with Crippen LogP contribution in [0.5, 0.6) is 0 Å². The zero-order chi connectivity index (χ0) is 18.6. The highest BCUT2D eigenvalue weighted by Gasteiger charge is 2.41. The van der Waals surface area contributed by atoms with E-state index >= 15 is 0 Å². The van der Waals surface area contributed by atoms with Gasteiger partial charge in [0.15, 0.2) is 0 Å². The standard InChI is InChI=1S/C19H29N5O2/c1-22-10-8-19(7-6-18(22)26)15-24(12-11-23(19)2)14-17(25)21-13-16-5-3-4-9-20-16/h3-5,9H,6-8,10-15H2,1-2H3,(H,21,25)/t19-/m0/s1. The van der Waals surface area contributed by atoms with Crippen LogP contribution in [-0.4, -0.2) is 83.9 Å². The third kappa shape index (κ3) is 4.40. The van der Waals surface area contributed by atoms with E-state index in [1.807, 2.05) is 30.1 Å². The van der Waals surface area contributed by atoms with Gasteiger partial charge in [0.25, 0.3) is 0 Å². The average Bonchev–Trinajstić information content (AvgIpc) is 2.79. The summed E-state index contributed by atoms with van der Waals surface area (Å²) in [5.41, 5.74) is 0.848. The van der Waals surface area contributed by atoms with Gasteiger partial charge in [-0.3, -0.25) is 24.4 Å². The maximum Gasteiger partial charge on any atom is 0.234 e. The third-order valence-electron chi connectivity index (χ3n) is 5.78. The van der Waals surface area contributed by atoms with E-state index in [1.165, 1.54) is 0 Å². The second-order valence-electron chi connectivity index (χ2n) is 7.52. The number of likely N-dealkylation sites (N-methyl/N-ethyl adjacent to an activating group) is 1. The second kappa shape index (κ2) is 8.14. The number of aromatic nitrogens is 1. The van der Waals surface area contributed by atoms with Crippen LogP contribution in [0.4, 0.5) is 0 Å². The average molecular weight is 359 g/mol. The van der Waals surface area contributed by atoms with E-state index in [2.05, 4.69) is 27.1 Å². The van der Waals surface area contributed by atoms with Gasteiger partial charge in [0.2, 0.25) is 11.8 Å². The van der Waals surface area contributed by atoms with Gasteiger partial charge >= 0.3 is 0 Å². The molecular weight excluding hydrogens is 330 g/mol. The van der Waals surface area contributed by atoms with Crippen molar-refractivity contribution >= 4 is 11.8 Å². The van der Waals surface area contributed by atoms with Crippen LogP contribution in [0.25, 0.3) is 0 Å². The summed E-state index contributed by atoms with van der Waals surface area (Å²) < 4.78 is 0. The number of hydrogen-bond donors (Lipinski definition) is 1. The molecule has 1 aromatic heterocycles. The lowest BCUT2D eigenvalue weighted by Gasteiger charge is -2.49. The van der Waals surface area contributed by atoms with Crippen LogP contribution < -0.4 is 5.32 Å². The number of hydrogen-bond acceptors (Lipinski definition) is 5. The lowest BCUT2D eigenvalue weighted by atomic mass is 9.86. The lowest BCUT2D eigenvalue weighted by molar-refractivity contribution is -0.129. The summed E-state index contributed by atoms with van der Waals surface area (Å²) in [5.74, 6) is 0.248. The number of rotatable bonds is 4. The fourth-order valence-electron chi connectivity index (χ4n) is 3.93. The van der Waals surface area contributed by atoms with Crippen molar-refractivity contribution in [2.24, 2.45) is 0 Å². The first kappa shape index (κ1) is 18.8. The smallest absolute Gasteiger partial charge is 0.234 e. The molecule has 2 aliphatic rings. The van der Waals surface area contributed by atoms with E-state index in [9.17, 15) is 9.59 Å². The normalized spacial score (nSPS) is 25.3. The molecule has 0 saturated carbocycles. The van der Waals surface area contributed by atoms with Gasteiger partial charge in [-0.15, -0.1) is 0 Å². The van der Waals surface area contributed by atoms with E-state index in [1.54, 1.807) is 6.20 Å². The van der Waals surface area contributed by atoms with E-state index in [-0.39, 0.29) is 17.4 Å². The van der Waals surface area contributed by atoms with Crippen molar-refractivity contribution < 1.29 is 9.59 Å². The van der Waals surface area contributed by atoms with Crippen molar-refractivity contribution in [3.8, 4) is 0 Å². The number of nitrogens with zero attached hydrogens (tertiary/aromatic N) is 4. The molecule has 26 heavy (non-hydrogen) atoms. The molecule has 3 rings (SSSR count). The summed E-state index contributed by atoms with van der Waals surface area (Å²) in [6.07, 6.45) is 4.13. The highest BCUT2D eigenvalue weighted by molar-refractivity contribution is 5.78. The SMILES string of the molecule is CN1CC[C@@]2(CCC1=O)CN(CC(=O)NCc1ccccn1)CCN2C. The molecule has 3 heterocycles. The van der Waals surface area contributed by atoms with Crippen molar-refractivity contribution in [1.29, 1.82) is 0 Å². The third-order valence-corrected chi connectivity index (χ3v) is 5.78. The van der Waals surface area contributed by atoms with Crippen LogP contribution in [0.1, 0.15) is 25.0 Å². The van der Waals surface area contributed by atoms with Crippen LogP contribution in [0.3, 0.4) is 0 Å². The quantitative estimate of drug-likeness (QED) is 0.839. The Morgan fingerprint density at radius 3 is 2.85 bits per heavy atom. The Hall–Kier alpha value is -1.99. The topological polar surface area (TPSA) is 68.8 Å². The summed E-state index contributed by atoms with van der Waals surface area (Å²) in [5, 5.41) is 2.96. The van der Waals surface area contributed by atoms with Crippen molar-refractivity contribution in [3.05, 3.63) is 30.1 Å². The van der Waals surface area contributed by atoms with Crippen LogP contribution in [0, 0.1) is 0 Å². The molecule has 2 saturated heterocycles. The van der Waals surface area contributed by atoms with Gasteiger partial charge in [0.1, 0.15) is 0 Å². The van der Waals surface area contributed by atoms with Crippen molar-refractivity contribution in [2.45, 2.75) is 31.3 Å². The number of pyridine rings is 1. The fraction of sp³-hybridized carbons (Fsp3) is 0.632. The molecule has 0 radical (unpaired) electrons. The first-order valence-electron chi connectivity index (χ1n) is 9.33. The van der Waals surface area contributed by atoms with E-state index < -0.39 is 0 Å². The van der Waals surface area contributed by atoms with Gasteiger partial charge < -0.3 is 10.2 Å². The maximum atomic E-state index is 12.4. The van der Waals surface area contributed by atoms with E-state index in [0.717, 1.165) is 44.7 Å². The summed E-state index contributed by atoms with van der Waals surface area (Å²) in [6, 6.07) is 5.69. The van der Waals surface area contributed by atoms with Crippen molar-refractivity contribution in [1.82, 2.24) is 25.0 Å². The minimum Gasteiger partial charge on any atom is -0.349 e.